The molecule has 1 rings (SSSR count). The molecule has 0 spiro atoms. The van der Waals surface area contributed by atoms with Crippen molar-refractivity contribution < 1.29 is 19.3 Å². The van der Waals surface area contributed by atoms with Gasteiger partial charge in [-0.1, -0.05) is 6.58 Å². The lowest BCUT2D eigenvalue weighted by Gasteiger charge is -2.09. The second-order valence-electron chi connectivity index (χ2n) is 3.02. The molecule has 1 unspecified atom stereocenters. The first kappa shape index (κ1) is 12.5. The molecule has 0 aliphatic heterocycles. The summed E-state index contributed by atoms with van der Waals surface area (Å²) in [5, 5.41) is 9.01. The first-order chi connectivity index (χ1) is 7.76. The fraction of sp³-hybridized carbons (Fsp3) is 0.333. The van der Waals surface area contributed by atoms with Crippen molar-refractivity contribution >= 4 is 0 Å². The zero-order valence-corrected chi connectivity index (χ0v) is 9.26. The third-order valence-corrected chi connectivity index (χ3v) is 1.90. The van der Waals surface area contributed by atoms with Crippen LogP contribution in [0.25, 0.3) is 0 Å². The molecule has 0 radical (unpaired) electrons. The van der Waals surface area contributed by atoms with Crippen molar-refractivity contribution in [3.05, 3.63) is 36.9 Å². The van der Waals surface area contributed by atoms with E-state index in [4.69, 9.17) is 19.3 Å². The minimum atomic E-state index is -0.931. The molecule has 0 saturated carbocycles. The molecule has 88 valence electrons. The molecule has 1 atom stereocenters. The summed E-state index contributed by atoms with van der Waals surface area (Å²) in [4.78, 5) is 0. The van der Waals surface area contributed by atoms with Gasteiger partial charge in [0, 0.05) is 0 Å². The van der Waals surface area contributed by atoms with Crippen molar-refractivity contribution in [2.75, 3.05) is 20.3 Å². The molecule has 0 aliphatic rings. The van der Waals surface area contributed by atoms with Crippen LogP contribution in [0, 0.1) is 0 Å². The van der Waals surface area contributed by atoms with E-state index in [0.717, 1.165) is 11.5 Å². The van der Waals surface area contributed by atoms with Gasteiger partial charge in [0.2, 0.25) is 0 Å². The van der Waals surface area contributed by atoms with Gasteiger partial charge in [0.15, 0.2) is 6.29 Å². The van der Waals surface area contributed by atoms with E-state index in [1.54, 1.807) is 7.11 Å². The van der Waals surface area contributed by atoms with Gasteiger partial charge in [-0.15, -0.1) is 0 Å². The van der Waals surface area contributed by atoms with Crippen LogP contribution in [0.15, 0.2) is 36.9 Å². The Morgan fingerprint density at radius 1 is 1.25 bits per heavy atom. The average molecular weight is 224 g/mol. The number of ether oxygens (including phenoxy) is 3. The Hall–Kier alpha value is -1.52. The van der Waals surface area contributed by atoms with Gasteiger partial charge in [-0.3, -0.25) is 0 Å². The molecular weight excluding hydrogens is 208 g/mol. The van der Waals surface area contributed by atoms with E-state index in [2.05, 4.69) is 6.58 Å². The van der Waals surface area contributed by atoms with E-state index in [1.807, 2.05) is 24.3 Å². The zero-order valence-electron chi connectivity index (χ0n) is 9.26. The summed E-state index contributed by atoms with van der Waals surface area (Å²) in [7, 11) is 1.61. The first-order valence-electron chi connectivity index (χ1n) is 4.95. The van der Waals surface area contributed by atoms with Crippen LogP contribution in [0.3, 0.4) is 0 Å². The number of benzene rings is 1. The Bertz CT molecular complexity index is 307. The van der Waals surface area contributed by atoms with E-state index in [0.29, 0.717) is 13.2 Å². The van der Waals surface area contributed by atoms with Gasteiger partial charge >= 0.3 is 0 Å². The quantitative estimate of drug-likeness (QED) is 0.434. The monoisotopic (exact) mass is 224 g/mol. The van der Waals surface area contributed by atoms with Crippen LogP contribution < -0.4 is 9.47 Å². The van der Waals surface area contributed by atoms with E-state index < -0.39 is 6.29 Å². The van der Waals surface area contributed by atoms with Crippen LogP contribution in [0.4, 0.5) is 0 Å². The Labute approximate surface area is 95.1 Å². The highest BCUT2D eigenvalue weighted by Crippen LogP contribution is 2.16. The van der Waals surface area contributed by atoms with Gasteiger partial charge < -0.3 is 19.3 Å². The molecule has 1 aromatic carbocycles. The molecule has 0 fully saturated rings. The maximum atomic E-state index is 9.01. The fourth-order valence-electron chi connectivity index (χ4n) is 1.07. The van der Waals surface area contributed by atoms with Crippen LogP contribution in [0.1, 0.15) is 0 Å². The number of methoxy groups -OCH3 is 1. The minimum absolute atomic E-state index is 0.305. The summed E-state index contributed by atoms with van der Waals surface area (Å²) in [6.07, 6.45) is 0.382. The molecule has 0 heterocycles. The highest BCUT2D eigenvalue weighted by atomic mass is 16.6. The summed E-state index contributed by atoms with van der Waals surface area (Å²) in [6.45, 7) is 4.06. The van der Waals surface area contributed by atoms with Crippen LogP contribution in [-0.2, 0) is 4.74 Å². The number of hydrogen-bond acceptors (Lipinski definition) is 4. The van der Waals surface area contributed by atoms with Crippen molar-refractivity contribution in [1.82, 2.24) is 0 Å². The third-order valence-electron chi connectivity index (χ3n) is 1.90. The molecule has 4 heteroatoms. The number of aliphatic hydroxyl groups excluding tert-OH is 1. The Morgan fingerprint density at radius 2 is 1.88 bits per heavy atom. The Kier molecular flexibility index (Phi) is 5.39. The zero-order chi connectivity index (χ0) is 11.8. The van der Waals surface area contributed by atoms with E-state index in [1.165, 1.54) is 6.08 Å². The van der Waals surface area contributed by atoms with Crippen molar-refractivity contribution in [1.29, 1.82) is 0 Å². The molecule has 16 heavy (non-hydrogen) atoms. The van der Waals surface area contributed by atoms with Gasteiger partial charge in [0.1, 0.15) is 18.1 Å². The molecule has 0 amide bonds. The minimum Gasteiger partial charge on any atom is -0.497 e. The number of aliphatic hydroxyl groups is 1. The van der Waals surface area contributed by atoms with Crippen molar-refractivity contribution in [3.63, 3.8) is 0 Å². The van der Waals surface area contributed by atoms with Crippen LogP contribution in [-0.4, -0.2) is 31.7 Å². The smallest absolute Gasteiger partial charge is 0.173 e. The van der Waals surface area contributed by atoms with Crippen LogP contribution in [0.5, 0.6) is 11.5 Å². The Balaban J connectivity index is 2.24. The molecule has 0 aliphatic carbocycles. The molecule has 1 aromatic rings. The van der Waals surface area contributed by atoms with Crippen LogP contribution >= 0.6 is 0 Å². The van der Waals surface area contributed by atoms with Gasteiger partial charge in [0.25, 0.3) is 0 Å². The highest BCUT2D eigenvalue weighted by molar-refractivity contribution is 5.31. The van der Waals surface area contributed by atoms with Crippen LogP contribution in [0.2, 0.25) is 0 Å². The summed E-state index contributed by atoms with van der Waals surface area (Å²) >= 11 is 0. The Morgan fingerprint density at radius 3 is 2.44 bits per heavy atom. The van der Waals surface area contributed by atoms with Gasteiger partial charge in [-0.05, 0) is 30.3 Å². The van der Waals surface area contributed by atoms with Gasteiger partial charge in [0.05, 0.1) is 13.7 Å². The first-order valence-corrected chi connectivity index (χ1v) is 4.95. The fourth-order valence-corrected chi connectivity index (χ4v) is 1.07. The third kappa shape index (κ3) is 4.33. The molecule has 0 bridgehead atoms. The maximum absolute atomic E-state index is 9.01. The molecule has 4 nitrogen and oxygen atoms in total. The normalized spacial score (nSPS) is 11.9. The van der Waals surface area contributed by atoms with Gasteiger partial charge in [-0.2, -0.15) is 0 Å². The van der Waals surface area contributed by atoms with E-state index in [9.17, 15) is 0 Å². The SMILES string of the molecule is C=CC(O)OCCOc1ccc(OC)cc1. The molecular formula is C12H16O4. The second kappa shape index (κ2) is 6.87. The van der Waals surface area contributed by atoms with Gasteiger partial charge in [-0.25, -0.2) is 0 Å². The molecule has 0 aromatic heterocycles. The average Bonchev–Trinajstić information content (AvgIpc) is 2.35. The van der Waals surface area contributed by atoms with Crippen molar-refractivity contribution in [2.45, 2.75) is 6.29 Å². The summed E-state index contributed by atoms with van der Waals surface area (Å²) in [6, 6.07) is 7.25. The molecule has 1 N–H and O–H groups in total. The predicted octanol–water partition coefficient (Wildman–Crippen LogP) is 1.59. The lowest BCUT2D eigenvalue weighted by Crippen LogP contribution is -2.14. The molecule has 0 saturated heterocycles. The summed E-state index contributed by atoms with van der Waals surface area (Å²) < 4.78 is 15.3. The van der Waals surface area contributed by atoms with E-state index >= 15 is 0 Å². The topological polar surface area (TPSA) is 47.9 Å². The number of rotatable bonds is 7. The highest BCUT2D eigenvalue weighted by Gasteiger charge is 1.98. The van der Waals surface area contributed by atoms with Crippen molar-refractivity contribution in [3.8, 4) is 11.5 Å². The summed E-state index contributed by atoms with van der Waals surface area (Å²) in [5.41, 5.74) is 0. The van der Waals surface area contributed by atoms with Crippen molar-refractivity contribution in [2.24, 2.45) is 0 Å². The largest absolute Gasteiger partial charge is 0.497 e. The number of hydrogen-bond donors (Lipinski definition) is 1. The maximum Gasteiger partial charge on any atom is 0.173 e. The lowest BCUT2D eigenvalue weighted by atomic mass is 10.3. The standard InChI is InChI=1S/C12H16O4/c1-3-12(13)16-9-8-15-11-6-4-10(14-2)5-7-11/h3-7,12-13H,1,8-9H2,2H3. The summed E-state index contributed by atoms with van der Waals surface area (Å²) in [5.74, 6) is 1.52. The lowest BCUT2D eigenvalue weighted by molar-refractivity contribution is -0.0711. The second-order valence-corrected chi connectivity index (χ2v) is 3.02. The van der Waals surface area contributed by atoms with E-state index in [-0.39, 0.29) is 0 Å². The predicted molar refractivity (Wildman–Crippen MR) is 60.6 cm³/mol.